The molecule has 5 nitrogen and oxygen atoms in total. The van der Waals surface area contributed by atoms with Crippen LogP contribution in [-0.4, -0.2) is 22.6 Å². The van der Waals surface area contributed by atoms with E-state index < -0.39 is 5.97 Å². The zero-order valence-electron chi connectivity index (χ0n) is 12.0. The minimum Gasteiger partial charge on any atom is -0.464 e. The molecule has 2 N–H and O–H groups in total. The van der Waals surface area contributed by atoms with E-state index in [1.165, 1.54) is 12.7 Å². The minimum absolute atomic E-state index is 0.155. The second-order valence-corrected chi connectivity index (χ2v) is 4.64. The number of hydrogen-bond acceptors (Lipinski definition) is 4. The highest BCUT2D eigenvalue weighted by molar-refractivity contribution is 5.92. The zero-order chi connectivity index (χ0) is 14.7. The van der Waals surface area contributed by atoms with Gasteiger partial charge in [-0.05, 0) is 31.0 Å². The summed E-state index contributed by atoms with van der Waals surface area (Å²) in [5.41, 5.74) is 8.33. The van der Waals surface area contributed by atoms with Gasteiger partial charge in [-0.3, -0.25) is 4.57 Å². The van der Waals surface area contributed by atoms with Gasteiger partial charge in [-0.25, -0.2) is 9.78 Å². The molecule has 0 aliphatic heterocycles. The lowest BCUT2D eigenvalue weighted by Gasteiger charge is -2.08. The second-order valence-electron chi connectivity index (χ2n) is 4.64. The number of methoxy groups -OCH3 is 1. The molecule has 0 aliphatic carbocycles. The highest BCUT2D eigenvalue weighted by Gasteiger charge is 2.19. The van der Waals surface area contributed by atoms with Crippen LogP contribution in [-0.2, 0) is 11.2 Å². The van der Waals surface area contributed by atoms with Crippen molar-refractivity contribution in [3.05, 3.63) is 41.3 Å². The van der Waals surface area contributed by atoms with Crippen LogP contribution in [0.2, 0.25) is 0 Å². The van der Waals surface area contributed by atoms with Crippen molar-refractivity contribution in [2.24, 2.45) is 0 Å². The summed E-state index contributed by atoms with van der Waals surface area (Å²) in [6.07, 6.45) is 2.16. The number of carbonyl (C=O) groups is 1. The Balaban J connectivity index is 2.42. The number of imidazole rings is 1. The van der Waals surface area contributed by atoms with Gasteiger partial charge in [0, 0.05) is 5.69 Å². The molecule has 1 heterocycles. The van der Waals surface area contributed by atoms with Gasteiger partial charge in [-0.15, -0.1) is 0 Å². The molecule has 0 unspecified atom stereocenters. The summed E-state index contributed by atoms with van der Waals surface area (Å²) in [7, 11) is 1.32. The number of aryl methyl sites for hydroxylation is 2. The van der Waals surface area contributed by atoms with Crippen molar-refractivity contribution in [1.29, 1.82) is 0 Å². The van der Waals surface area contributed by atoms with Gasteiger partial charge >= 0.3 is 5.97 Å². The molecule has 0 saturated heterocycles. The van der Waals surface area contributed by atoms with Crippen LogP contribution in [0.1, 0.15) is 35.2 Å². The number of nitrogen functional groups attached to an aromatic ring is 1. The number of ether oxygens (including phenoxy) is 1. The molecule has 2 aromatic rings. The Hall–Kier alpha value is -2.30. The third kappa shape index (κ3) is 2.52. The van der Waals surface area contributed by atoms with Crippen LogP contribution in [0.15, 0.2) is 24.3 Å². The van der Waals surface area contributed by atoms with Crippen molar-refractivity contribution in [2.45, 2.75) is 26.7 Å². The van der Waals surface area contributed by atoms with E-state index in [1.54, 1.807) is 4.57 Å². The summed E-state index contributed by atoms with van der Waals surface area (Å²) in [4.78, 5) is 15.8. The molecule has 2 rings (SSSR count). The first-order valence-electron chi connectivity index (χ1n) is 6.61. The number of anilines is 1. The van der Waals surface area contributed by atoms with Crippen LogP contribution < -0.4 is 5.73 Å². The van der Waals surface area contributed by atoms with Gasteiger partial charge in [0.05, 0.1) is 7.11 Å². The molecule has 0 spiro atoms. The molecule has 0 aliphatic rings. The van der Waals surface area contributed by atoms with E-state index in [4.69, 9.17) is 5.73 Å². The molecule has 1 aromatic heterocycles. The first kappa shape index (κ1) is 14.1. The average molecular weight is 273 g/mol. The van der Waals surface area contributed by atoms with Gasteiger partial charge in [-0.1, -0.05) is 25.5 Å². The predicted octanol–water partition coefficient (Wildman–Crippen LogP) is 2.50. The fourth-order valence-corrected chi connectivity index (χ4v) is 2.22. The third-order valence-electron chi connectivity index (χ3n) is 3.19. The number of benzene rings is 1. The van der Waals surface area contributed by atoms with Gasteiger partial charge in [0.25, 0.3) is 0 Å². The van der Waals surface area contributed by atoms with Crippen molar-refractivity contribution in [3.63, 3.8) is 0 Å². The van der Waals surface area contributed by atoms with E-state index >= 15 is 0 Å². The lowest BCUT2D eigenvalue weighted by Crippen LogP contribution is -2.07. The lowest BCUT2D eigenvalue weighted by molar-refractivity contribution is 0.0596. The van der Waals surface area contributed by atoms with E-state index in [-0.39, 0.29) is 5.69 Å². The molecule has 20 heavy (non-hydrogen) atoms. The van der Waals surface area contributed by atoms with Crippen molar-refractivity contribution in [2.75, 3.05) is 12.8 Å². The maximum atomic E-state index is 11.6. The SMILES string of the molecule is CCCc1ccc(-n2c(C)nc(C(=O)OC)c2N)cc1. The Labute approximate surface area is 118 Å². The molecule has 0 fully saturated rings. The summed E-state index contributed by atoms with van der Waals surface area (Å²) in [5, 5.41) is 0. The monoisotopic (exact) mass is 273 g/mol. The van der Waals surface area contributed by atoms with Crippen LogP contribution in [0.5, 0.6) is 0 Å². The molecular formula is C15H19N3O2. The highest BCUT2D eigenvalue weighted by Crippen LogP contribution is 2.21. The van der Waals surface area contributed by atoms with Gasteiger partial charge in [0.15, 0.2) is 5.69 Å². The summed E-state index contributed by atoms with van der Waals surface area (Å²) in [6.45, 7) is 3.96. The van der Waals surface area contributed by atoms with Crippen LogP contribution in [0.3, 0.4) is 0 Å². The van der Waals surface area contributed by atoms with Gasteiger partial charge in [0.2, 0.25) is 0 Å². The van der Waals surface area contributed by atoms with Crippen molar-refractivity contribution in [3.8, 4) is 5.69 Å². The normalized spacial score (nSPS) is 10.6. The Morgan fingerprint density at radius 3 is 2.55 bits per heavy atom. The Morgan fingerprint density at radius 1 is 1.35 bits per heavy atom. The number of nitrogens with two attached hydrogens (primary N) is 1. The predicted molar refractivity (Wildman–Crippen MR) is 78.0 cm³/mol. The van der Waals surface area contributed by atoms with Crippen molar-refractivity contribution >= 4 is 11.8 Å². The molecule has 5 heteroatoms. The standard InChI is InChI=1S/C15H19N3O2/c1-4-5-11-6-8-12(9-7-11)18-10(2)17-13(14(18)16)15(19)20-3/h6-9H,4-5,16H2,1-3H3. The third-order valence-corrected chi connectivity index (χ3v) is 3.19. The van der Waals surface area contributed by atoms with Crippen LogP contribution >= 0.6 is 0 Å². The first-order valence-corrected chi connectivity index (χ1v) is 6.61. The number of nitrogens with zero attached hydrogens (tertiary/aromatic N) is 2. The van der Waals surface area contributed by atoms with E-state index in [9.17, 15) is 4.79 Å². The van der Waals surface area contributed by atoms with Gasteiger partial charge in [-0.2, -0.15) is 0 Å². The van der Waals surface area contributed by atoms with Gasteiger partial charge < -0.3 is 10.5 Å². The highest BCUT2D eigenvalue weighted by atomic mass is 16.5. The molecule has 0 radical (unpaired) electrons. The maximum absolute atomic E-state index is 11.6. The molecule has 0 bridgehead atoms. The van der Waals surface area contributed by atoms with E-state index in [2.05, 4.69) is 28.8 Å². The van der Waals surface area contributed by atoms with E-state index in [0.29, 0.717) is 11.6 Å². The number of carbonyl (C=O) groups excluding carboxylic acids is 1. The molecule has 0 saturated carbocycles. The Bertz CT molecular complexity index is 615. The van der Waals surface area contributed by atoms with E-state index in [0.717, 1.165) is 18.5 Å². The average Bonchev–Trinajstić information content (AvgIpc) is 2.75. The fourth-order valence-electron chi connectivity index (χ4n) is 2.22. The molecular weight excluding hydrogens is 254 g/mol. The molecule has 0 atom stereocenters. The van der Waals surface area contributed by atoms with E-state index in [1.807, 2.05) is 19.1 Å². The van der Waals surface area contributed by atoms with Gasteiger partial charge in [0.1, 0.15) is 11.6 Å². The quantitative estimate of drug-likeness (QED) is 0.869. The topological polar surface area (TPSA) is 70.1 Å². The smallest absolute Gasteiger partial charge is 0.360 e. The van der Waals surface area contributed by atoms with Crippen LogP contribution in [0.4, 0.5) is 5.82 Å². The fraction of sp³-hybridized carbons (Fsp3) is 0.333. The maximum Gasteiger partial charge on any atom is 0.360 e. The summed E-state index contributed by atoms with van der Waals surface area (Å²) in [5.74, 6) is 0.440. The zero-order valence-corrected chi connectivity index (χ0v) is 12.0. The Kier molecular flexibility index (Phi) is 4.08. The number of hydrogen-bond donors (Lipinski definition) is 1. The molecule has 0 amide bonds. The molecule has 1 aromatic carbocycles. The number of aromatic nitrogens is 2. The van der Waals surface area contributed by atoms with Crippen LogP contribution in [0, 0.1) is 6.92 Å². The number of rotatable bonds is 4. The molecule has 106 valence electrons. The largest absolute Gasteiger partial charge is 0.464 e. The van der Waals surface area contributed by atoms with Crippen molar-refractivity contribution < 1.29 is 9.53 Å². The second kappa shape index (κ2) is 5.77. The van der Waals surface area contributed by atoms with Crippen LogP contribution in [0.25, 0.3) is 5.69 Å². The summed E-state index contributed by atoms with van der Waals surface area (Å²) >= 11 is 0. The summed E-state index contributed by atoms with van der Waals surface area (Å²) in [6, 6.07) is 8.10. The lowest BCUT2D eigenvalue weighted by atomic mass is 10.1. The van der Waals surface area contributed by atoms with Crippen molar-refractivity contribution in [1.82, 2.24) is 9.55 Å². The summed E-state index contributed by atoms with van der Waals surface area (Å²) < 4.78 is 6.43. The minimum atomic E-state index is -0.521. The first-order chi connectivity index (χ1) is 9.58. The number of esters is 1. The Morgan fingerprint density at radius 2 is 2.00 bits per heavy atom.